The van der Waals surface area contributed by atoms with E-state index in [1.165, 1.54) is 23.3 Å². The number of hydrazine groups is 1. The Balaban J connectivity index is 1.51. The molecule has 1 fully saturated rings. The van der Waals surface area contributed by atoms with Gasteiger partial charge in [-0.05, 0) is 61.2 Å². The average Bonchev–Trinajstić information content (AvgIpc) is 3.17. The molecule has 3 N–H and O–H groups in total. The molecule has 0 radical (unpaired) electrons. The molecule has 0 saturated heterocycles. The standard InChI is InChI=1S/C17H22N2OS/c18-19-17(5-1-3-16-4-2-12-21-16)13-6-8-14(9-7-13)20-15-10-11-15/h2,4,6-9,12,15,17,19H,1,3,5,10-11,18H2. The summed E-state index contributed by atoms with van der Waals surface area (Å²) in [7, 11) is 0. The van der Waals surface area contributed by atoms with Crippen molar-refractivity contribution >= 4 is 11.3 Å². The molecular formula is C17H22N2OS. The molecule has 1 atom stereocenters. The molecular weight excluding hydrogens is 280 g/mol. The molecule has 0 bridgehead atoms. The largest absolute Gasteiger partial charge is 0.490 e. The van der Waals surface area contributed by atoms with Crippen molar-refractivity contribution in [3.63, 3.8) is 0 Å². The Labute approximate surface area is 130 Å². The Morgan fingerprint density at radius 1 is 1.24 bits per heavy atom. The second-order valence-corrected chi connectivity index (χ2v) is 6.61. The van der Waals surface area contributed by atoms with Gasteiger partial charge in [0, 0.05) is 10.9 Å². The highest BCUT2D eigenvalue weighted by atomic mass is 32.1. The highest BCUT2D eigenvalue weighted by Gasteiger charge is 2.23. The number of ether oxygens (including phenoxy) is 1. The van der Waals surface area contributed by atoms with Crippen LogP contribution in [-0.2, 0) is 6.42 Å². The number of nitrogens with two attached hydrogens (primary N) is 1. The van der Waals surface area contributed by atoms with E-state index in [9.17, 15) is 0 Å². The van der Waals surface area contributed by atoms with Crippen LogP contribution in [0.1, 0.15) is 42.2 Å². The van der Waals surface area contributed by atoms with E-state index in [1.807, 2.05) is 11.3 Å². The first kappa shape index (κ1) is 14.6. The number of aryl methyl sites for hydroxylation is 1. The van der Waals surface area contributed by atoms with Gasteiger partial charge in [0.1, 0.15) is 5.75 Å². The van der Waals surface area contributed by atoms with Crippen molar-refractivity contribution < 1.29 is 4.74 Å². The lowest BCUT2D eigenvalue weighted by Crippen LogP contribution is -2.28. The van der Waals surface area contributed by atoms with Crippen molar-refractivity contribution in [1.82, 2.24) is 5.43 Å². The highest BCUT2D eigenvalue weighted by molar-refractivity contribution is 7.09. The Morgan fingerprint density at radius 2 is 2.05 bits per heavy atom. The number of nitrogens with one attached hydrogen (secondary N) is 1. The van der Waals surface area contributed by atoms with Gasteiger partial charge in [-0.3, -0.25) is 11.3 Å². The van der Waals surface area contributed by atoms with Crippen molar-refractivity contribution in [3.05, 3.63) is 52.2 Å². The van der Waals surface area contributed by atoms with Gasteiger partial charge in [-0.15, -0.1) is 11.3 Å². The molecule has 21 heavy (non-hydrogen) atoms. The lowest BCUT2D eigenvalue weighted by atomic mass is 10.0. The molecule has 1 saturated carbocycles. The Morgan fingerprint density at radius 3 is 2.67 bits per heavy atom. The molecule has 1 unspecified atom stereocenters. The van der Waals surface area contributed by atoms with Gasteiger partial charge in [0.25, 0.3) is 0 Å². The normalized spacial score (nSPS) is 15.9. The van der Waals surface area contributed by atoms with Crippen LogP contribution in [-0.4, -0.2) is 6.10 Å². The van der Waals surface area contributed by atoms with Gasteiger partial charge in [-0.2, -0.15) is 0 Å². The van der Waals surface area contributed by atoms with Crippen LogP contribution in [0.15, 0.2) is 41.8 Å². The molecule has 3 nitrogen and oxygen atoms in total. The maximum Gasteiger partial charge on any atom is 0.119 e. The number of thiophene rings is 1. The Kier molecular flexibility index (Phi) is 4.91. The van der Waals surface area contributed by atoms with E-state index in [4.69, 9.17) is 10.6 Å². The molecule has 1 heterocycles. The number of hydrogen-bond acceptors (Lipinski definition) is 4. The van der Waals surface area contributed by atoms with E-state index >= 15 is 0 Å². The van der Waals surface area contributed by atoms with E-state index in [1.54, 1.807) is 0 Å². The van der Waals surface area contributed by atoms with Gasteiger partial charge in [0.15, 0.2) is 0 Å². The summed E-state index contributed by atoms with van der Waals surface area (Å²) >= 11 is 1.82. The zero-order valence-corrected chi connectivity index (χ0v) is 12.9. The Bertz CT molecular complexity index is 534. The fourth-order valence-electron chi connectivity index (χ4n) is 2.44. The molecule has 1 aliphatic rings. The zero-order valence-electron chi connectivity index (χ0n) is 12.1. The minimum Gasteiger partial charge on any atom is -0.490 e. The quantitative estimate of drug-likeness (QED) is 0.576. The molecule has 2 aromatic rings. The molecule has 4 heteroatoms. The van der Waals surface area contributed by atoms with Gasteiger partial charge in [-0.1, -0.05) is 18.2 Å². The van der Waals surface area contributed by atoms with E-state index in [2.05, 4.69) is 47.2 Å². The zero-order chi connectivity index (χ0) is 14.5. The summed E-state index contributed by atoms with van der Waals surface area (Å²) in [4.78, 5) is 1.44. The minimum absolute atomic E-state index is 0.208. The Hall–Kier alpha value is -1.36. The van der Waals surface area contributed by atoms with Crippen LogP contribution in [0, 0.1) is 0 Å². The summed E-state index contributed by atoms with van der Waals surface area (Å²) in [5, 5.41) is 2.13. The number of rotatable bonds is 8. The topological polar surface area (TPSA) is 47.3 Å². The molecule has 0 amide bonds. The second kappa shape index (κ2) is 7.07. The molecule has 0 aliphatic heterocycles. The lowest BCUT2D eigenvalue weighted by Gasteiger charge is -2.16. The van der Waals surface area contributed by atoms with Crippen LogP contribution < -0.4 is 16.0 Å². The predicted molar refractivity (Wildman–Crippen MR) is 87.4 cm³/mol. The first-order valence-electron chi connectivity index (χ1n) is 7.60. The summed E-state index contributed by atoms with van der Waals surface area (Å²) in [6.07, 6.45) is 6.13. The third-order valence-corrected chi connectivity index (χ3v) is 4.74. The molecule has 3 rings (SSSR count). The van der Waals surface area contributed by atoms with Gasteiger partial charge < -0.3 is 4.74 Å². The summed E-state index contributed by atoms with van der Waals surface area (Å²) < 4.78 is 5.77. The molecule has 1 aromatic carbocycles. The summed E-state index contributed by atoms with van der Waals surface area (Å²) in [5.74, 6) is 6.68. The van der Waals surface area contributed by atoms with Gasteiger partial charge in [0.05, 0.1) is 6.10 Å². The molecule has 112 valence electrons. The van der Waals surface area contributed by atoms with Gasteiger partial charge in [-0.25, -0.2) is 0 Å². The van der Waals surface area contributed by atoms with Crippen molar-refractivity contribution in [2.75, 3.05) is 0 Å². The van der Waals surface area contributed by atoms with Crippen molar-refractivity contribution in [3.8, 4) is 5.75 Å². The summed E-state index contributed by atoms with van der Waals surface area (Å²) in [6, 6.07) is 12.9. The van der Waals surface area contributed by atoms with E-state index in [0.29, 0.717) is 6.10 Å². The molecule has 1 aromatic heterocycles. The van der Waals surface area contributed by atoms with Gasteiger partial charge >= 0.3 is 0 Å². The fraction of sp³-hybridized carbons (Fsp3) is 0.412. The monoisotopic (exact) mass is 302 g/mol. The van der Waals surface area contributed by atoms with Crippen molar-refractivity contribution in [2.45, 2.75) is 44.2 Å². The number of benzene rings is 1. The fourth-order valence-corrected chi connectivity index (χ4v) is 3.19. The maximum atomic E-state index is 5.77. The third-order valence-electron chi connectivity index (χ3n) is 3.81. The van der Waals surface area contributed by atoms with Crippen LogP contribution in [0.2, 0.25) is 0 Å². The second-order valence-electron chi connectivity index (χ2n) is 5.58. The first-order valence-corrected chi connectivity index (χ1v) is 8.48. The van der Waals surface area contributed by atoms with Crippen LogP contribution in [0.4, 0.5) is 0 Å². The first-order chi connectivity index (χ1) is 10.3. The summed E-state index contributed by atoms with van der Waals surface area (Å²) in [5.41, 5.74) is 4.16. The van der Waals surface area contributed by atoms with Crippen molar-refractivity contribution in [1.29, 1.82) is 0 Å². The van der Waals surface area contributed by atoms with Crippen molar-refractivity contribution in [2.24, 2.45) is 5.84 Å². The highest BCUT2D eigenvalue weighted by Crippen LogP contribution is 2.28. The van der Waals surface area contributed by atoms with E-state index < -0.39 is 0 Å². The van der Waals surface area contributed by atoms with E-state index in [0.717, 1.165) is 25.0 Å². The van der Waals surface area contributed by atoms with Gasteiger partial charge in [0.2, 0.25) is 0 Å². The third kappa shape index (κ3) is 4.30. The van der Waals surface area contributed by atoms with E-state index in [-0.39, 0.29) is 6.04 Å². The summed E-state index contributed by atoms with van der Waals surface area (Å²) in [6.45, 7) is 0. The SMILES string of the molecule is NNC(CCCc1cccs1)c1ccc(OC2CC2)cc1. The number of hydrogen-bond donors (Lipinski definition) is 2. The van der Waals surface area contributed by atoms with Crippen LogP contribution in [0.5, 0.6) is 5.75 Å². The lowest BCUT2D eigenvalue weighted by molar-refractivity contribution is 0.303. The smallest absolute Gasteiger partial charge is 0.119 e. The molecule has 1 aliphatic carbocycles. The predicted octanol–water partition coefficient (Wildman–Crippen LogP) is 3.82. The van der Waals surface area contributed by atoms with Crippen LogP contribution in [0.25, 0.3) is 0 Å². The van der Waals surface area contributed by atoms with Crippen LogP contribution >= 0.6 is 11.3 Å². The molecule has 0 spiro atoms. The minimum atomic E-state index is 0.208. The maximum absolute atomic E-state index is 5.77. The van der Waals surface area contributed by atoms with Crippen LogP contribution in [0.3, 0.4) is 0 Å². The average molecular weight is 302 g/mol.